The predicted molar refractivity (Wildman–Crippen MR) is 123 cm³/mol. The molecule has 32 heavy (non-hydrogen) atoms. The fourth-order valence-corrected chi connectivity index (χ4v) is 4.68. The first kappa shape index (κ1) is 24.1. The number of hydrogen-bond acceptors (Lipinski definition) is 5. The summed E-state index contributed by atoms with van der Waals surface area (Å²) in [5.74, 6) is -0.467. The fourth-order valence-electron chi connectivity index (χ4n) is 3.36. The molecule has 7 nitrogen and oxygen atoms in total. The van der Waals surface area contributed by atoms with Gasteiger partial charge in [0.2, 0.25) is 5.91 Å². The van der Waals surface area contributed by atoms with Crippen molar-refractivity contribution in [1.82, 2.24) is 10.2 Å². The Labute approximate surface area is 196 Å². The van der Waals surface area contributed by atoms with Gasteiger partial charge in [0.15, 0.2) is 9.84 Å². The lowest BCUT2D eigenvalue weighted by atomic mass is 10.1. The Morgan fingerprint density at radius 1 is 1.16 bits per heavy atom. The molecule has 1 heterocycles. The molecule has 170 valence electrons. The van der Waals surface area contributed by atoms with Crippen LogP contribution in [0.2, 0.25) is 10.0 Å². The molecule has 0 aliphatic carbocycles. The molecular weight excluding hydrogens is 475 g/mol. The van der Waals surface area contributed by atoms with E-state index in [9.17, 15) is 18.0 Å². The first-order chi connectivity index (χ1) is 15.2. The van der Waals surface area contributed by atoms with Crippen LogP contribution >= 0.6 is 23.2 Å². The summed E-state index contributed by atoms with van der Waals surface area (Å²) in [6.07, 6.45) is 1.88. The third-order valence-electron chi connectivity index (χ3n) is 5.05. The number of carbonyl (C=O) groups excluding carboxylic acids is 2. The summed E-state index contributed by atoms with van der Waals surface area (Å²) in [5.41, 5.74) is 0.344. The molecule has 1 N–H and O–H groups in total. The van der Waals surface area contributed by atoms with E-state index in [1.54, 1.807) is 23.1 Å². The number of benzene rings is 2. The first-order valence-corrected chi connectivity index (χ1v) is 12.1. The Morgan fingerprint density at radius 2 is 1.84 bits per heavy atom. The molecule has 2 aromatic rings. The number of methoxy groups -OCH3 is 1. The third-order valence-corrected chi connectivity index (χ3v) is 7.02. The van der Waals surface area contributed by atoms with Gasteiger partial charge in [-0.15, -0.1) is 0 Å². The van der Waals surface area contributed by atoms with Gasteiger partial charge in [-0.3, -0.25) is 9.59 Å². The van der Waals surface area contributed by atoms with Crippen molar-refractivity contribution in [2.75, 3.05) is 26.7 Å². The summed E-state index contributed by atoms with van der Waals surface area (Å²) in [4.78, 5) is 27.0. The van der Waals surface area contributed by atoms with Gasteiger partial charge in [-0.25, -0.2) is 8.42 Å². The number of hydrogen-bond donors (Lipinski definition) is 1. The Bertz CT molecular complexity index is 1130. The zero-order chi connectivity index (χ0) is 23.3. The molecule has 2 amide bonds. The Morgan fingerprint density at radius 3 is 2.53 bits per heavy atom. The van der Waals surface area contributed by atoms with Gasteiger partial charge in [0.25, 0.3) is 5.91 Å². The maximum Gasteiger partial charge on any atom is 0.257 e. The van der Waals surface area contributed by atoms with Gasteiger partial charge < -0.3 is 15.0 Å². The number of rotatable bonds is 7. The van der Waals surface area contributed by atoms with Crippen molar-refractivity contribution in [3.05, 3.63) is 69.6 Å². The molecule has 0 unspecified atom stereocenters. The van der Waals surface area contributed by atoms with Gasteiger partial charge in [0.1, 0.15) is 5.75 Å². The van der Waals surface area contributed by atoms with Crippen molar-refractivity contribution < 1.29 is 22.7 Å². The monoisotopic (exact) mass is 496 g/mol. The van der Waals surface area contributed by atoms with Crippen molar-refractivity contribution >= 4 is 44.9 Å². The molecule has 1 saturated heterocycles. The van der Waals surface area contributed by atoms with Gasteiger partial charge in [-0.05, 0) is 48.9 Å². The van der Waals surface area contributed by atoms with Crippen molar-refractivity contribution in [2.45, 2.75) is 11.3 Å². The van der Waals surface area contributed by atoms with Crippen LogP contribution in [0.25, 0.3) is 0 Å². The van der Waals surface area contributed by atoms with E-state index in [4.69, 9.17) is 27.9 Å². The molecule has 2 aromatic carbocycles. The maximum absolute atomic E-state index is 12.8. The average Bonchev–Trinajstić information content (AvgIpc) is 3.27. The molecule has 1 aliphatic rings. The van der Waals surface area contributed by atoms with Crippen LogP contribution in [0.5, 0.6) is 5.75 Å². The molecule has 3 rings (SSSR count). The summed E-state index contributed by atoms with van der Waals surface area (Å²) in [5, 5.41) is 4.60. The van der Waals surface area contributed by atoms with E-state index in [1.807, 2.05) is 0 Å². The molecule has 1 aliphatic heterocycles. The Balaban J connectivity index is 1.54. The minimum absolute atomic E-state index is 0.0538. The maximum atomic E-state index is 12.8. The van der Waals surface area contributed by atoms with E-state index in [0.717, 1.165) is 5.41 Å². The molecule has 0 spiro atoms. The second kappa shape index (κ2) is 10.4. The number of halogens is 2. The van der Waals surface area contributed by atoms with Crippen LogP contribution in [0.1, 0.15) is 16.8 Å². The lowest BCUT2D eigenvalue weighted by molar-refractivity contribution is -0.124. The van der Waals surface area contributed by atoms with Crippen LogP contribution in [-0.2, 0) is 14.6 Å². The molecular formula is C22H22Cl2N2O5S. The first-order valence-electron chi connectivity index (χ1n) is 9.79. The highest BCUT2D eigenvalue weighted by atomic mass is 35.5. The van der Waals surface area contributed by atoms with Crippen molar-refractivity contribution in [2.24, 2.45) is 5.92 Å². The number of carbonyl (C=O) groups is 2. The molecule has 0 saturated carbocycles. The van der Waals surface area contributed by atoms with E-state index >= 15 is 0 Å². The van der Waals surface area contributed by atoms with Crippen LogP contribution in [0.15, 0.2) is 58.8 Å². The number of likely N-dealkylation sites (tertiary alicyclic amines) is 1. The highest BCUT2D eigenvalue weighted by Gasteiger charge is 2.32. The summed E-state index contributed by atoms with van der Waals surface area (Å²) in [6, 6.07) is 10.6. The normalized spacial score (nSPS) is 16.3. The van der Waals surface area contributed by atoms with E-state index in [2.05, 4.69) is 5.32 Å². The van der Waals surface area contributed by atoms with Gasteiger partial charge in [0.05, 0.1) is 23.5 Å². The van der Waals surface area contributed by atoms with Gasteiger partial charge >= 0.3 is 0 Å². The second-order valence-electron chi connectivity index (χ2n) is 7.20. The summed E-state index contributed by atoms with van der Waals surface area (Å²) < 4.78 is 29.8. The second-order valence-corrected chi connectivity index (χ2v) is 9.90. The average molecular weight is 497 g/mol. The van der Waals surface area contributed by atoms with Crippen molar-refractivity contribution in [1.29, 1.82) is 0 Å². The number of amides is 2. The smallest absolute Gasteiger partial charge is 0.257 e. The van der Waals surface area contributed by atoms with E-state index in [-0.39, 0.29) is 35.7 Å². The van der Waals surface area contributed by atoms with Crippen LogP contribution < -0.4 is 10.1 Å². The van der Waals surface area contributed by atoms with E-state index < -0.39 is 9.84 Å². The number of nitrogens with zero attached hydrogens (tertiary/aromatic N) is 1. The zero-order valence-corrected chi connectivity index (χ0v) is 19.6. The highest BCUT2D eigenvalue weighted by molar-refractivity contribution is 7.94. The standard InChI is InChI=1S/C22H22Cl2N2O5S/c1-31-20-8-5-17(24)13-19(20)22(28)26-11-9-15(14-26)21(27)25-10-2-12-32(29,30)18-6-3-16(23)4-7-18/h2-8,12-13,15H,9-11,14H2,1H3,(H,25,27)/b12-2+/t15-/m0/s1. The number of nitrogens with one attached hydrogen (secondary N) is 1. The molecule has 0 radical (unpaired) electrons. The van der Waals surface area contributed by atoms with Crippen LogP contribution in [0, 0.1) is 5.92 Å². The Hall–Kier alpha value is -2.55. The van der Waals surface area contributed by atoms with Crippen molar-refractivity contribution in [3.63, 3.8) is 0 Å². The van der Waals surface area contributed by atoms with Crippen LogP contribution in [-0.4, -0.2) is 51.9 Å². The summed E-state index contributed by atoms with van der Waals surface area (Å²) in [6.45, 7) is 0.735. The highest BCUT2D eigenvalue weighted by Crippen LogP contribution is 2.27. The van der Waals surface area contributed by atoms with Gasteiger partial charge in [-0.1, -0.05) is 29.3 Å². The topological polar surface area (TPSA) is 92.8 Å². The van der Waals surface area contributed by atoms with Crippen LogP contribution in [0.4, 0.5) is 0 Å². The SMILES string of the molecule is COc1ccc(Cl)cc1C(=O)N1CC[C@H](C(=O)NC/C=C/S(=O)(=O)c2ccc(Cl)cc2)C1. The summed E-state index contributed by atoms with van der Waals surface area (Å²) in [7, 11) is -2.15. The van der Waals surface area contributed by atoms with Gasteiger partial charge in [0, 0.05) is 35.1 Å². The molecule has 0 bridgehead atoms. The minimum atomic E-state index is -3.62. The lowest BCUT2D eigenvalue weighted by Gasteiger charge is -2.18. The molecule has 10 heteroatoms. The largest absolute Gasteiger partial charge is 0.496 e. The van der Waals surface area contributed by atoms with Crippen molar-refractivity contribution in [3.8, 4) is 5.75 Å². The third kappa shape index (κ3) is 5.82. The minimum Gasteiger partial charge on any atom is -0.496 e. The molecule has 1 fully saturated rings. The molecule has 1 atom stereocenters. The number of sulfone groups is 1. The zero-order valence-electron chi connectivity index (χ0n) is 17.3. The van der Waals surface area contributed by atoms with E-state index in [1.165, 1.54) is 37.5 Å². The summed E-state index contributed by atoms with van der Waals surface area (Å²) >= 11 is 11.8. The number of ether oxygens (including phenoxy) is 1. The Kier molecular flexibility index (Phi) is 7.82. The quantitative estimate of drug-likeness (QED) is 0.632. The van der Waals surface area contributed by atoms with Gasteiger partial charge in [-0.2, -0.15) is 0 Å². The fraction of sp³-hybridized carbons (Fsp3) is 0.273. The molecule has 0 aromatic heterocycles. The lowest BCUT2D eigenvalue weighted by Crippen LogP contribution is -2.34. The van der Waals surface area contributed by atoms with Crippen LogP contribution in [0.3, 0.4) is 0 Å². The predicted octanol–water partition coefficient (Wildman–Crippen LogP) is 3.57. The van der Waals surface area contributed by atoms with E-state index in [0.29, 0.717) is 34.3 Å².